The third-order valence-electron chi connectivity index (χ3n) is 5.23. The molecule has 1 aliphatic carbocycles. The van der Waals surface area contributed by atoms with Gasteiger partial charge in [-0.05, 0) is 36.6 Å². The van der Waals surface area contributed by atoms with E-state index in [0.717, 1.165) is 5.56 Å². The van der Waals surface area contributed by atoms with Crippen molar-refractivity contribution in [3.8, 4) is 0 Å². The number of halogens is 1. The lowest BCUT2D eigenvalue weighted by Gasteiger charge is -2.38. The fourth-order valence-corrected chi connectivity index (χ4v) is 4.24. The largest absolute Gasteiger partial charge is 0.294 e. The molecule has 0 saturated heterocycles. The number of hydrogen-bond donors (Lipinski definition) is 0. The van der Waals surface area contributed by atoms with E-state index in [-0.39, 0.29) is 29.7 Å². The maximum absolute atomic E-state index is 13.1. The van der Waals surface area contributed by atoms with E-state index in [1.165, 1.54) is 17.0 Å². The first-order valence-electron chi connectivity index (χ1n) is 9.05. The first-order chi connectivity index (χ1) is 13.5. The number of carbonyl (C=O) groups excluding carboxylic acids is 2. The van der Waals surface area contributed by atoms with Gasteiger partial charge in [-0.3, -0.25) is 24.6 Å². The number of Topliss-reactive ketones (excluding diaryl/α,β-unsaturated/α-hetero) is 1. The Bertz CT molecular complexity index is 1030. The van der Waals surface area contributed by atoms with Gasteiger partial charge in [0.25, 0.3) is 5.69 Å². The number of non-ortho nitro benzene ring substituents is 1. The van der Waals surface area contributed by atoms with Crippen LogP contribution in [0.2, 0.25) is 5.02 Å². The summed E-state index contributed by atoms with van der Waals surface area (Å²) < 4.78 is 0. The van der Waals surface area contributed by atoms with Crippen LogP contribution >= 0.6 is 11.6 Å². The van der Waals surface area contributed by atoms with Crippen LogP contribution in [-0.2, 0) is 9.59 Å². The van der Waals surface area contributed by atoms with Gasteiger partial charge in [0.2, 0.25) is 5.91 Å². The number of nitrogens with zero attached hydrogens (tertiary/aromatic N) is 2. The zero-order valence-corrected chi connectivity index (χ0v) is 15.7. The third kappa shape index (κ3) is 3.20. The molecule has 0 spiro atoms. The van der Waals surface area contributed by atoms with Crippen LogP contribution in [0.15, 0.2) is 59.8 Å². The van der Waals surface area contributed by atoms with Gasteiger partial charge in [0, 0.05) is 47.2 Å². The smallest absolute Gasteiger partial charge is 0.271 e. The zero-order chi connectivity index (χ0) is 19.8. The highest BCUT2D eigenvalue weighted by atomic mass is 35.5. The van der Waals surface area contributed by atoms with Gasteiger partial charge in [-0.1, -0.05) is 29.8 Å². The average molecular weight is 397 g/mol. The highest BCUT2D eigenvalue weighted by Crippen LogP contribution is 2.44. The Morgan fingerprint density at radius 3 is 2.61 bits per heavy atom. The van der Waals surface area contributed by atoms with Crippen LogP contribution in [-0.4, -0.2) is 16.6 Å². The summed E-state index contributed by atoms with van der Waals surface area (Å²) in [5.41, 5.74) is 2.44. The van der Waals surface area contributed by atoms with Crippen molar-refractivity contribution in [2.24, 2.45) is 0 Å². The van der Waals surface area contributed by atoms with Crippen LogP contribution in [0.4, 0.5) is 11.4 Å². The highest BCUT2D eigenvalue weighted by Gasteiger charge is 2.40. The molecule has 1 unspecified atom stereocenters. The minimum atomic E-state index is -0.492. The lowest BCUT2D eigenvalue weighted by Crippen LogP contribution is -2.40. The number of allylic oxidation sites excluding steroid dienone is 2. The molecule has 7 heteroatoms. The summed E-state index contributed by atoms with van der Waals surface area (Å²) in [6.45, 7) is 0. The van der Waals surface area contributed by atoms with Crippen LogP contribution < -0.4 is 4.90 Å². The van der Waals surface area contributed by atoms with Crippen molar-refractivity contribution in [2.75, 3.05) is 4.90 Å². The van der Waals surface area contributed by atoms with Gasteiger partial charge in [-0.15, -0.1) is 0 Å². The molecule has 2 aliphatic rings. The molecule has 2 aromatic rings. The monoisotopic (exact) mass is 396 g/mol. The van der Waals surface area contributed by atoms with Gasteiger partial charge in [-0.25, -0.2) is 0 Å². The Hall–Kier alpha value is -2.99. The Morgan fingerprint density at radius 2 is 1.86 bits per heavy atom. The molecule has 0 bridgehead atoms. The van der Waals surface area contributed by atoms with E-state index in [9.17, 15) is 19.7 Å². The van der Waals surface area contributed by atoms with Crippen molar-refractivity contribution >= 4 is 34.7 Å². The van der Waals surface area contributed by atoms with Gasteiger partial charge in [-0.2, -0.15) is 0 Å². The van der Waals surface area contributed by atoms with Crippen LogP contribution in [0.3, 0.4) is 0 Å². The number of anilines is 1. The maximum Gasteiger partial charge on any atom is 0.271 e. The Balaban J connectivity index is 1.86. The van der Waals surface area contributed by atoms with Crippen molar-refractivity contribution in [1.29, 1.82) is 0 Å². The highest BCUT2D eigenvalue weighted by molar-refractivity contribution is 6.30. The van der Waals surface area contributed by atoms with Gasteiger partial charge >= 0.3 is 0 Å². The molecule has 1 atom stereocenters. The minimum Gasteiger partial charge on any atom is -0.294 e. The standard InChI is InChI=1S/C21H17ClN2O4/c22-14-5-1-4-13(10-14)17-12-20(26)23(18-8-3-9-19(25)21(17)18)15-6-2-7-16(11-15)24(27)28/h1-2,4-7,10-11,17H,3,8-9,12H2. The number of nitro benzene ring substituents is 1. The van der Waals surface area contributed by atoms with Gasteiger partial charge in [0.15, 0.2) is 5.78 Å². The van der Waals surface area contributed by atoms with Crippen molar-refractivity contribution in [3.05, 3.63) is 80.5 Å². The van der Waals surface area contributed by atoms with E-state index in [4.69, 9.17) is 11.6 Å². The summed E-state index contributed by atoms with van der Waals surface area (Å²) in [6.07, 6.45) is 1.78. The normalized spacial score (nSPS) is 19.6. The molecule has 28 heavy (non-hydrogen) atoms. The molecule has 0 aromatic heterocycles. The Labute approximate surface area is 166 Å². The second kappa shape index (κ2) is 7.20. The fraction of sp³-hybridized carbons (Fsp3) is 0.238. The fourth-order valence-electron chi connectivity index (χ4n) is 4.05. The predicted octanol–water partition coefficient (Wildman–Crippen LogP) is 4.78. The summed E-state index contributed by atoms with van der Waals surface area (Å²) in [5.74, 6) is -0.503. The van der Waals surface area contributed by atoms with Gasteiger partial charge in [0.1, 0.15) is 0 Å². The number of benzene rings is 2. The van der Waals surface area contributed by atoms with E-state index < -0.39 is 4.92 Å². The van der Waals surface area contributed by atoms with Crippen molar-refractivity contribution in [2.45, 2.75) is 31.6 Å². The second-order valence-electron chi connectivity index (χ2n) is 6.95. The van der Waals surface area contributed by atoms with Crippen LogP contribution in [0.1, 0.15) is 37.2 Å². The first-order valence-corrected chi connectivity index (χ1v) is 9.42. The summed E-state index contributed by atoms with van der Waals surface area (Å²) in [6, 6.07) is 13.2. The molecule has 2 aromatic carbocycles. The Kier molecular flexibility index (Phi) is 4.73. The van der Waals surface area contributed by atoms with Crippen molar-refractivity contribution in [1.82, 2.24) is 0 Å². The van der Waals surface area contributed by atoms with E-state index >= 15 is 0 Å². The predicted molar refractivity (Wildman–Crippen MR) is 105 cm³/mol. The van der Waals surface area contributed by atoms with Gasteiger partial charge in [0.05, 0.1) is 10.6 Å². The molecule has 4 rings (SSSR count). The number of hydrogen-bond acceptors (Lipinski definition) is 4. The number of ketones is 1. The number of nitro groups is 1. The lowest BCUT2D eigenvalue weighted by atomic mass is 9.77. The number of amides is 1. The molecule has 6 nitrogen and oxygen atoms in total. The van der Waals surface area contributed by atoms with Crippen molar-refractivity contribution in [3.63, 3.8) is 0 Å². The van der Waals surface area contributed by atoms with E-state index in [0.29, 0.717) is 41.2 Å². The van der Waals surface area contributed by atoms with Crippen LogP contribution in [0, 0.1) is 10.1 Å². The SMILES string of the molecule is O=C1CCCC2=C1C(c1cccc(Cl)c1)CC(=O)N2c1cccc([N+](=O)[O-])c1. The van der Waals surface area contributed by atoms with E-state index in [1.807, 2.05) is 12.1 Å². The summed E-state index contributed by atoms with van der Waals surface area (Å²) in [7, 11) is 0. The first kappa shape index (κ1) is 18.4. The number of carbonyl (C=O) groups is 2. The van der Waals surface area contributed by atoms with E-state index in [1.54, 1.807) is 24.3 Å². The van der Waals surface area contributed by atoms with Crippen molar-refractivity contribution < 1.29 is 14.5 Å². The molecule has 0 fully saturated rings. The molecule has 0 saturated carbocycles. The summed E-state index contributed by atoms with van der Waals surface area (Å²) in [4.78, 5) is 38.0. The summed E-state index contributed by atoms with van der Waals surface area (Å²) >= 11 is 6.12. The lowest BCUT2D eigenvalue weighted by molar-refractivity contribution is -0.384. The molecular formula is C21H17ClN2O4. The molecule has 1 aliphatic heterocycles. The molecule has 0 N–H and O–H groups in total. The Morgan fingerprint density at radius 1 is 1.07 bits per heavy atom. The topological polar surface area (TPSA) is 80.5 Å². The van der Waals surface area contributed by atoms with Gasteiger partial charge < -0.3 is 0 Å². The van der Waals surface area contributed by atoms with E-state index in [2.05, 4.69) is 0 Å². The maximum atomic E-state index is 13.1. The molecular weight excluding hydrogens is 380 g/mol. The molecule has 0 radical (unpaired) electrons. The van der Waals surface area contributed by atoms with Crippen LogP contribution in [0.25, 0.3) is 0 Å². The summed E-state index contributed by atoms with van der Waals surface area (Å²) in [5, 5.41) is 11.7. The minimum absolute atomic E-state index is 0.0224. The molecule has 142 valence electrons. The third-order valence-corrected chi connectivity index (χ3v) is 5.46. The average Bonchev–Trinajstić information content (AvgIpc) is 2.67. The second-order valence-corrected chi connectivity index (χ2v) is 7.39. The quantitative estimate of drug-likeness (QED) is 0.552. The van der Waals surface area contributed by atoms with Crippen LogP contribution in [0.5, 0.6) is 0 Å². The molecule has 1 heterocycles. The molecule has 1 amide bonds. The number of rotatable bonds is 3. The zero-order valence-electron chi connectivity index (χ0n) is 14.9.